The Morgan fingerprint density at radius 2 is 2.00 bits per heavy atom. The quantitative estimate of drug-likeness (QED) is 0.455. The number of carbonyl (C=O) groups is 1. The third-order valence-corrected chi connectivity index (χ3v) is 6.13. The topological polar surface area (TPSA) is 105 Å². The van der Waals surface area contributed by atoms with E-state index in [1.54, 1.807) is 29.5 Å². The van der Waals surface area contributed by atoms with Gasteiger partial charge in [-0.15, -0.1) is 0 Å². The summed E-state index contributed by atoms with van der Waals surface area (Å²) in [7, 11) is -3.64. The van der Waals surface area contributed by atoms with E-state index in [2.05, 4.69) is 6.07 Å². The largest absolute Gasteiger partial charge is 0.489 e. The van der Waals surface area contributed by atoms with Crippen LogP contribution in [0.2, 0.25) is 0 Å². The minimum Gasteiger partial charge on any atom is -0.489 e. The lowest BCUT2D eigenvalue weighted by Gasteiger charge is -2.22. The molecular weight excluding hydrogens is 460 g/mol. The van der Waals surface area contributed by atoms with Crippen molar-refractivity contribution in [3.63, 3.8) is 0 Å². The number of aryl methyl sites for hydroxylation is 1. The van der Waals surface area contributed by atoms with Gasteiger partial charge in [0.25, 0.3) is 0 Å². The summed E-state index contributed by atoms with van der Waals surface area (Å²) in [6, 6.07) is 16.7. The highest BCUT2D eigenvalue weighted by atomic mass is 32.2. The van der Waals surface area contributed by atoms with Gasteiger partial charge in [0.15, 0.2) is 0 Å². The SMILES string of the molecule is Cc1ccccc1[C@@H](CCC(=O)NS(C)(=O)=O)Oc1cc(OCc2ccsc2)ccc1C#N. The van der Waals surface area contributed by atoms with E-state index in [1.807, 2.05) is 52.7 Å². The maximum Gasteiger partial charge on any atom is 0.233 e. The summed E-state index contributed by atoms with van der Waals surface area (Å²) in [6.45, 7) is 2.32. The maximum absolute atomic E-state index is 12.1. The monoisotopic (exact) mass is 484 g/mol. The Kier molecular flexibility index (Phi) is 8.09. The molecule has 1 amide bonds. The lowest BCUT2D eigenvalue weighted by atomic mass is 9.99. The minimum absolute atomic E-state index is 0.0672. The number of nitriles is 1. The van der Waals surface area contributed by atoms with Crippen LogP contribution in [0, 0.1) is 18.3 Å². The predicted octanol–water partition coefficient (Wildman–Crippen LogP) is 4.48. The molecule has 3 rings (SSSR count). The lowest BCUT2D eigenvalue weighted by Crippen LogP contribution is -2.29. The van der Waals surface area contributed by atoms with Gasteiger partial charge in [0.05, 0.1) is 11.8 Å². The molecule has 9 heteroatoms. The van der Waals surface area contributed by atoms with Crippen LogP contribution in [-0.4, -0.2) is 20.6 Å². The number of amides is 1. The van der Waals surface area contributed by atoms with Gasteiger partial charge >= 0.3 is 0 Å². The van der Waals surface area contributed by atoms with Gasteiger partial charge in [0.1, 0.15) is 30.3 Å². The van der Waals surface area contributed by atoms with Crippen LogP contribution in [0.4, 0.5) is 0 Å². The van der Waals surface area contributed by atoms with Crippen LogP contribution in [0.1, 0.15) is 41.2 Å². The molecule has 1 heterocycles. The Morgan fingerprint density at radius 3 is 2.67 bits per heavy atom. The Balaban J connectivity index is 1.83. The molecule has 1 N–H and O–H groups in total. The van der Waals surface area contributed by atoms with Crippen LogP contribution in [0.3, 0.4) is 0 Å². The number of hydrogen-bond acceptors (Lipinski definition) is 7. The van der Waals surface area contributed by atoms with E-state index in [0.29, 0.717) is 23.7 Å². The maximum atomic E-state index is 12.1. The van der Waals surface area contributed by atoms with Crippen molar-refractivity contribution in [2.24, 2.45) is 0 Å². The fourth-order valence-electron chi connectivity index (χ4n) is 3.22. The molecule has 1 atom stereocenters. The second-order valence-electron chi connectivity index (χ2n) is 7.49. The highest BCUT2D eigenvalue weighted by molar-refractivity contribution is 7.89. The van der Waals surface area contributed by atoms with Gasteiger partial charge < -0.3 is 9.47 Å². The smallest absolute Gasteiger partial charge is 0.233 e. The number of benzene rings is 2. The molecule has 7 nitrogen and oxygen atoms in total. The van der Waals surface area contributed by atoms with Crippen molar-refractivity contribution in [3.05, 3.63) is 81.5 Å². The number of ether oxygens (including phenoxy) is 2. The zero-order chi connectivity index (χ0) is 23.8. The van der Waals surface area contributed by atoms with E-state index in [0.717, 1.165) is 22.9 Å². The average Bonchev–Trinajstić information content (AvgIpc) is 3.28. The van der Waals surface area contributed by atoms with Gasteiger partial charge in [-0.2, -0.15) is 16.6 Å². The van der Waals surface area contributed by atoms with Crippen molar-refractivity contribution < 1.29 is 22.7 Å². The first kappa shape index (κ1) is 24.3. The second kappa shape index (κ2) is 11.0. The van der Waals surface area contributed by atoms with Gasteiger partial charge in [-0.25, -0.2) is 8.42 Å². The van der Waals surface area contributed by atoms with Gasteiger partial charge in [-0.3, -0.25) is 9.52 Å². The molecule has 0 aliphatic heterocycles. The molecule has 0 fully saturated rings. The van der Waals surface area contributed by atoms with Crippen molar-refractivity contribution in [2.45, 2.75) is 32.5 Å². The van der Waals surface area contributed by atoms with E-state index < -0.39 is 22.0 Å². The van der Waals surface area contributed by atoms with E-state index in [-0.39, 0.29) is 12.8 Å². The van der Waals surface area contributed by atoms with Crippen molar-refractivity contribution in [2.75, 3.05) is 6.26 Å². The molecule has 2 aromatic carbocycles. The lowest BCUT2D eigenvalue weighted by molar-refractivity contribution is -0.119. The summed E-state index contributed by atoms with van der Waals surface area (Å²) < 4.78 is 36.8. The van der Waals surface area contributed by atoms with E-state index in [1.165, 1.54) is 0 Å². The van der Waals surface area contributed by atoms with Gasteiger partial charge in [0.2, 0.25) is 15.9 Å². The molecule has 0 spiro atoms. The molecule has 0 aliphatic rings. The molecule has 0 radical (unpaired) electrons. The number of sulfonamides is 1. The predicted molar refractivity (Wildman–Crippen MR) is 127 cm³/mol. The summed E-state index contributed by atoms with van der Waals surface area (Å²) in [5, 5.41) is 13.5. The fourth-order valence-corrected chi connectivity index (χ4v) is 4.39. The molecule has 0 aliphatic carbocycles. The van der Waals surface area contributed by atoms with Crippen LogP contribution >= 0.6 is 11.3 Å². The number of nitrogens with one attached hydrogen (secondary N) is 1. The minimum atomic E-state index is -3.64. The first-order valence-electron chi connectivity index (χ1n) is 10.2. The summed E-state index contributed by atoms with van der Waals surface area (Å²) in [5.74, 6) is 0.263. The molecule has 33 heavy (non-hydrogen) atoms. The van der Waals surface area contributed by atoms with Crippen molar-refractivity contribution in [1.29, 1.82) is 5.26 Å². The molecule has 0 saturated carbocycles. The third kappa shape index (κ3) is 7.34. The van der Waals surface area contributed by atoms with E-state index in [4.69, 9.17) is 9.47 Å². The first-order valence-corrected chi connectivity index (χ1v) is 13.0. The van der Waals surface area contributed by atoms with Crippen molar-refractivity contribution >= 4 is 27.3 Å². The van der Waals surface area contributed by atoms with Gasteiger partial charge in [0, 0.05) is 12.5 Å². The molecule has 1 aromatic heterocycles. The van der Waals surface area contributed by atoms with E-state index >= 15 is 0 Å². The van der Waals surface area contributed by atoms with E-state index in [9.17, 15) is 18.5 Å². The first-order chi connectivity index (χ1) is 15.7. The number of thiophene rings is 1. The van der Waals surface area contributed by atoms with Crippen LogP contribution in [0.25, 0.3) is 0 Å². The number of hydrogen-bond donors (Lipinski definition) is 1. The molecule has 0 saturated heterocycles. The summed E-state index contributed by atoms with van der Waals surface area (Å²) in [4.78, 5) is 12.1. The molecular formula is C24H24N2O5S2. The molecule has 0 unspecified atom stereocenters. The summed E-state index contributed by atoms with van der Waals surface area (Å²) in [6.07, 6.45) is 0.510. The van der Waals surface area contributed by atoms with Gasteiger partial charge in [-0.1, -0.05) is 24.3 Å². The van der Waals surface area contributed by atoms with Gasteiger partial charge in [-0.05, 0) is 59.0 Å². The standard InChI is InChI=1S/C24H24N2O5S2/c1-17-5-3-4-6-21(17)22(9-10-24(27)26-33(2,28)29)31-23-13-20(8-7-19(23)14-25)30-15-18-11-12-32-16-18/h3-8,11-13,16,22H,9-10,15H2,1-2H3,(H,26,27)/t22-/m1/s1. The highest BCUT2D eigenvalue weighted by Gasteiger charge is 2.20. The Hall–Kier alpha value is -3.35. The molecule has 3 aromatic rings. The second-order valence-corrected chi connectivity index (χ2v) is 10.0. The third-order valence-electron chi connectivity index (χ3n) is 4.80. The van der Waals surface area contributed by atoms with Crippen molar-refractivity contribution in [1.82, 2.24) is 4.72 Å². The van der Waals surface area contributed by atoms with Crippen LogP contribution in [0.15, 0.2) is 59.3 Å². The number of carbonyl (C=O) groups excluding carboxylic acids is 1. The van der Waals surface area contributed by atoms with Crippen molar-refractivity contribution in [3.8, 4) is 17.6 Å². The van der Waals surface area contributed by atoms with Crippen LogP contribution in [-0.2, 0) is 21.4 Å². The number of rotatable bonds is 10. The zero-order valence-corrected chi connectivity index (χ0v) is 19.9. The summed E-state index contributed by atoms with van der Waals surface area (Å²) >= 11 is 1.58. The highest BCUT2D eigenvalue weighted by Crippen LogP contribution is 2.33. The number of nitrogens with zero attached hydrogens (tertiary/aromatic N) is 1. The Bertz CT molecular complexity index is 1250. The van der Waals surface area contributed by atoms with Crippen LogP contribution < -0.4 is 14.2 Å². The Morgan fingerprint density at radius 1 is 1.21 bits per heavy atom. The fraction of sp³-hybridized carbons (Fsp3) is 0.250. The normalized spacial score (nSPS) is 11.9. The molecule has 0 bridgehead atoms. The molecule has 172 valence electrons. The summed E-state index contributed by atoms with van der Waals surface area (Å²) in [5.41, 5.74) is 3.17. The van der Waals surface area contributed by atoms with Crippen LogP contribution in [0.5, 0.6) is 11.5 Å². The zero-order valence-electron chi connectivity index (χ0n) is 18.3. The average molecular weight is 485 g/mol. The Labute approximate surface area is 197 Å².